The number of aromatic nitrogens is 6. The van der Waals surface area contributed by atoms with Crippen molar-refractivity contribution in [3.8, 4) is 22.6 Å². The fraction of sp³-hybridized carbons (Fsp3) is 0.167. The van der Waals surface area contributed by atoms with Crippen molar-refractivity contribution < 1.29 is 0 Å². The molecule has 0 fully saturated rings. The Morgan fingerprint density at radius 1 is 0.938 bits per heavy atom. The van der Waals surface area contributed by atoms with Gasteiger partial charge in [0.15, 0.2) is 0 Å². The average Bonchev–Trinajstić information content (AvgIpc) is 3.49. The quantitative estimate of drug-likeness (QED) is 0.383. The van der Waals surface area contributed by atoms with Gasteiger partial charge in [-0.2, -0.15) is 5.21 Å². The maximum Gasteiger partial charge on any atom is 0.257 e. The smallest absolute Gasteiger partial charge is 0.257 e. The van der Waals surface area contributed by atoms with Gasteiger partial charge < -0.3 is 9.97 Å². The molecule has 32 heavy (non-hydrogen) atoms. The number of rotatable bonds is 4. The van der Waals surface area contributed by atoms with Crippen molar-refractivity contribution in [2.75, 3.05) is 13.1 Å². The van der Waals surface area contributed by atoms with Gasteiger partial charge in [-0.05, 0) is 65.0 Å². The summed E-state index contributed by atoms with van der Waals surface area (Å²) in [5.74, 6) is 0.516. The van der Waals surface area contributed by atoms with Gasteiger partial charge in [-0.25, -0.2) is 0 Å². The zero-order chi connectivity index (χ0) is 21.5. The second kappa shape index (κ2) is 7.58. The van der Waals surface area contributed by atoms with Crippen LogP contribution in [0.25, 0.3) is 44.5 Å². The van der Waals surface area contributed by atoms with Gasteiger partial charge in [-0.1, -0.05) is 18.2 Å². The van der Waals surface area contributed by atoms with Gasteiger partial charge in [0.25, 0.3) is 5.56 Å². The molecule has 158 valence electrons. The van der Waals surface area contributed by atoms with E-state index in [1.165, 1.54) is 5.56 Å². The Balaban J connectivity index is 1.37. The topological polar surface area (TPSA) is 106 Å². The Kier molecular flexibility index (Phi) is 4.43. The average molecular weight is 423 g/mol. The number of nitrogens with zero attached hydrogens (tertiary/aromatic N) is 4. The van der Waals surface area contributed by atoms with Crippen molar-refractivity contribution in [3.05, 3.63) is 76.6 Å². The zero-order valence-electron chi connectivity index (χ0n) is 17.3. The number of aromatic amines is 3. The van der Waals surface area contributed by atoms with Gasteiger partial charge in [0, 0.05) is 41.6 Å². The van der Waals surface area contributed by atoms with Crippen LogP contribution in [0.3, 0.4) is 0 Å². The van der Waals surface area contributed by atoms with E-state index in [4.69, 9.17) is 0 Å². The van der Waals surface area contributed by atoms with Crippen LogP contribution in [0.5, 0.6) is 0 Å². The molecule has 1 aliphatic rings. The van der Waals surface area contributed by atoms with E-state index in [1.54, 1.807) is 0 Å². The third-order valence-corrected chi connectivity index (χ3v) is 5.97. The summed E-state index contributed by atoms with van der Waals surface area (Å²) in [6.07, 6.45) is 5.58. The normalized spacial score (nSPS) is 14.5. The van der Waals surface area contributed by atoms with Crippen LogP contribution in [0.2, 0.25) is 0 Å². The fourth-order valence-corrected chi connectivity index (χ4v) is 4.35. The first-order chi connectivity index (χ1) is 15.7. The zero-order valence-corrected chi connectivity index (χ0v) is 17.3. The molecular formula is C24H21N7O. The van der Waals surface area contributed by atoms with Crippen molar-refractivity contribution in [2.24, 2.45) is 0 Å². The van der Waals surface area contributed by atoms with E-state index >= 15 is 0 Å². The summed E-state index contributed by atoms with van der Waals surface area (Å²) in [6.45, 7) is 3.01. The molecule has 6 rings (SSSR count). The molecule has 4 heterocycles. The first-order valence-electron chi connectivity index (χ1n) is 10.6. The Bertz CT molecular complexity index is 1510. The first kappa shape index (κ1) is 18.7. The van der Waals surface area contributed by atoms with Crippen molar-refractivity contribution in [2.45, 2.75) is 13.0 Å². The summed E-state index contributed by atoms with van der Waals surface area (Å²) in [5, 5.41) is 16.2. The second-order valence-corrected chi connectivity index (χ2v) is 8.15. The standard InChI is InChI=1S/C24H21N7O/c32-24-19(12-18-11-16(5-7-21(18)26-24)23-27-29-30-28-23)22-13-17-10-15(4-6-20(17)25-22)14-31-8-2-1-3-9-31/h1-2,4-7,10-13,25H,3,8-9,14H2,(H,26,32)(H,27,28,29,30). The molecule has 3 N–H and O–H groups in total. The Morgan fingerprint density at radius 3 is 2.66 bits per heavy atom. The number of tetrazole rings is 1. The van der Waals surface area contributed by atoms with Gasteiger partial charge >= 0.3 is 0 Å². The van der Waals surface area contributed by atoms with E-state index in [-0.39, 0.29) is 5.56 Å². The van der Waals surface area contributed by atoms with Gasteiger partial charge in [-0.15, -0.1) is 10.2 Å². The SMILES string of the molecule is O=c1[nH]c2ccc(-c3nn[nH]n3)cc2cc1-c1cc2cc(CN3CC=CCC3)ccc2[nH]1. The molecule has 0 radical (unpaired) electrons. The molecule has 0 unspecified atom stereocenters. The summed E-state index contributed by atoms with van der Waals surface area (Å²) in [5.41, 5.74) is 5.15. The minimum atomic E-state index is -0.128. The molecule has 8 nitrogen and oxygen atoms in total. The fourth-order valence-electron chi connectivity index (χ4n) is 4.35. The highest BCUT2D eigenvalue weighted by Crippen LogP contribution is 2.27. The number of pyridine rings is 1. The van der Waals surface area contributed by atoms with Crippen LogP contribution in [-0.4, -0.2) is 48.6 Å². The molecular weight excluding hydrogens is 402 g/mol. The van der Waals surface area contributed by atoms with Crippen molar-refractivity contribution in [1.29, 1.82) is 0 Å². The molecule has 3 aromatic heterocycles. The van der Waals surface area contributed by atoms with Gasteiger partial charge in [-0.3, -0.25) is 9.69 Å². The van der Waals surface area contributed by atoms with Crippen LogP contribution in [0.15, 0.2) is 65.5 Å². The lowest BCUT2D eigenvalue weighted by Gasteiger charge is -2.22. The van der Waals surface area contributed by atoms with Gasteiger partial charge in [0.05, 0.1) is 11.3 Å². The Hall–Kier alpha value is -4.04. The summed E-state index contributed by atoms with van der Waals surface area (Å²) >= 11 is 0. The number of benzene rings is 2. The summed E-state index contributed by atoms with van der Waals surface area (Å²) in [4.78, 5) is 21.7. The lowest BCUT2D eigenvalue weighted by atomic mass is 10.1. The van der Waals surface area contributed by atoms with Crippen LogP contribution in [0.1, 0.15) is 12.0 Å². The van der Waals surface area contributed by atoms with Crippen LogP contribution >= 0.6 is 0 Å². The molecule has 1 aliphatic heterocycles. The van der Waals surface area contributed by atoms with E-state index in [2.05, 4.69) is 65.8 Å². The number of fused-ring (bicyclic) bond motifs is 2. The lowest BCUT2D eigenvalue weighted by Crippen LogP contribution is -2.26. The predicted molar refractivity (Wildman–Crippen MR) is 124 cm³/mol. The third kappa shape index (κ3) is 3.40. The van der Waals surface area contributed by atoms with Crippen LogP contribution < -0.4 is 5.56 Å². The highest BCUT2D eigenvalue weighted by atomic mass is 16.1. The number of H-pyrrole nitrogens is 3. The summed E-state index contributed by atoms with van der Waals surface area (Å²) in [6, 6.07) is 16.1. The number of hydrogen-bond acceptors (Lipinski definition) is 5. The molecule has 0 spiro atoms. The summed E-state index contributed by atoms with van der Waals surface area (Å²) in [7, 11) is 0. The van der Waals surface area contributed by atoms with Crippen molar-refractivity contribution >= 4 is 21.8 Å². The largest absolute Gasteiger partial charge is 0.354 e. The molecule has 0 bridgehead atoms. The van der Waals surface area contributed by atoms with Crippen LogP contribution in [0, 0.1) is 0 Å². The van der Waals surface area contributed by atoms with E-state index < -0.39 is 0 Å². The minimum Gasteiger partial charge on any atom is -0.354 e. The maximum atomic E-state index is 12.8. The van der Waals surface area contributed by atoms with E-state index in [0.29, 0.717) is 11.4 Å². The number of nitrogens with one attached hydrogen (secondary N) is 3. The highest BCUT2D eigenvalue weighted by Gasteiger charge is 2.12. The molecule has 8 heteroatoms. The Labute approximate surface area is 183 Å². The van der Waals surface area contributed by atoms with Crippen molar-refractivity contribution in [3.63, 3.8) is 0 Å². The number of hydrogen-bond donors (Lipinski definition) is 3. The highest BCUT2D eigenvalue weighted by molar-refractivity contribution is 5.90. The van der Waals surface area contributed by atoms with Gasteiger partial charge in [0.1, 0.15) is 0 Å². The second-order valence-electron chi connectivity index (χ2n) is 8.15. The summed E-state index contributed by atoms with van der Waals surface area (Å²) < 4.78 is 0. The third-order valence-electron chi connectivity index (χ3n) is 5.97. The molecule has 2 aromatic carbocycles. The van der Waals surface area contributed by atoms with E-state index in [0.717, 1.165) is 59.1 Å². The van der Waals surface area contributed by atoms with Gasteiger partial charge in [0.2, 0.25) is 5.82 Å². The molecule has 0 amide bonds. The Morgan fingerprint density at radius 2 is 1.81 bits per heavy atom. The van der Waals surface area contributed by atoms with E-state index in [1.807, 2.05) is 30.3 Å². The molecule has 0 saturated heterocycles. The van der Waals surface area contributed by atoms with Crippen LogP contribution in [0.4, 0.5) is 0 Å². The molecule has 5 aromatic rings. The minimum absolute atomic E-state index is 0.128. The molecule has 0 atom stereocenters. The lowest BCUT2D eigenvalue weighted by molar-refractivity contribution is 0.291. The molecule has 0 aliphatic carbocycles. The first-order valence-corrected chi connectivity index (χ1v) is 10.6. The maximum absolute atomic E-state index is 12.8. The predicted octanol–water partition coefficient (Wildman–Crippen LogP) is 3.62. The van der Waals surface area contributed by atoms with E-state index in [9.17, 15) is 4.79 Å². The van der Waals surface area contributed by atoms with Crippen molar-refractivity contribution in [1.82, 2.24) is 35.5 Å². The monoisotopic (exact) mass is 423 g/mol. The van der Waals surface area contributed by atoms with Crippen LogP contribution in [-0.2, 0) is 6.54 Å². The molecule has 0 saturated carbocycles.